The number of carbonyl (C=O) groups excluding carboxylic acids is 1. The van der Waals surface area contributed by atoms with Crippen LogP contribution in [0.3, 0.4) is 0 Å². The van der Waals surface area contributed by atoms with Gasteiger partial charge in [0, 0.05) is 25.0 Å². The molecule has 1 aliphatic heterocycles. The Morgan fingerprint density at radius 2 is 2.00 bits per heavy atom. The monoisotopic (exact) mass is 473 g/mol. The van der Waals surface area contributed by atoms with Crippen LogP contribution in [0, 0.1) is 0 Å². The fourth-order valence-corrected chi connectivity index (χ4v) is 5.38. The first kappa shape index (κ1) is 22.7. The molecule has 1 fully saturated rings. The molecule has 4 rings (SSSR count). The normalized spacial score (nSPS) is 15.3. The van der Waals surface area contributed by atoms with Crippen molar-refractivity contribution in [3.63, 3.8) is 0 Å². The molecule has 1 aliphatic rings. The lowest BCUT2D eigenvalue weighted by molar-refractivity contribution is -0.120. The molecule has 9 heteroatoms. The molecule has 1 N–H and O–H groups in total. The number of methoxy groups -OCH3 is 2. The van der Waals surface area contributed by atoms with Crippen molar-refractivity contribution in [3.8, 4) is 21.4 Å². The summed E-state index contributed by atoms with van der Waals surface area (Å²) in [6, 6.07) is 9.99. The molecule has 2 aromatic heterocycles. The first-order chi connectivity index (χ1) is 15.7. The smallest absolute Gasteiger partial charge is 0.226 e. The van der Waals surface area contributed by atoms with E-state index in [0.29, 0.717) is 31.3 Å². The Balaban J connectivity index is 1.43. The molecule has 1 saturated heterocycles. The third-order valence-corrected chi connectivity index (χ3v) is 7.33. The van der Waals surface area contributed by atoms with Gasteiger partial charge in [-0.05, 0) is 29.1 Å². The highest BCUT2D eigenvalue weighted by Crippen LogP contribution is 2.32. The highest BCUT2D eigenvalue weighted by atomic mass is 32.1. The quantitative estimate of drug-likeness (QED) is 0.512. The van der Waals surface area contributed by atoms with Crippen LogP contribution in [0.15, 0.2) is 41.1 Å². The molecule has 0 spiro atoms. The first-order valence-corrected chi connectivity index (χ1v) is 12.2. The molecule has 1 amide bonds. The Bertz CT molecular complexity index is 1020. The van der Waals surface area contributed by atoms with Gasteiger partial charge in [0.1, 0.15) is 5.01 Å². The number of benzene rings is 1. The second-order valence-electron chi connectivity index (χ2n) is 7.38. The predicted molar refractivity (Wildman–Crippen MR) is 127 cm³/mol. The first-order valence-electron chi connectivity index (χ1n) is 10.5. The van der Waals surface area contributed by atoms with E-state index >= 15 is 0 Å². The second-order valence-corrected chi connectivity index (χ2v) is 9.19. The minimum absolute atomic E-state index is 0.0137. The van der Waals surface area contributed by atoms with Crippen molar-refractivity contribution in [1.29, 1.82) is 0 Å². The molecule has 0 bridgehead atoms. The predicted octanol–water partition coefficient (Wildman–Crippen LogP) is 3.62. The van der Waals surface area contributed by atoms with Crippen LogP contribution in [0.5, 0.6) is 11.5 Å². The molecule has 170 valence electrons. The van der Waals surface area contributed by atoms with Gasteiger partial charge in [-0.3, -0.25) is 9.69 Å². The number of hydrogen-bond acceptors (Lipinski definition) is 8. The van der Waals surface area contributed by atoms with E-state index in [1.165, 1.54) is 0 Å². The zero-order valence-corrected chi connectivity index (χ0v) is 19.8. The van der Waals surface area contributed by atoms with Crippen molar-refractivity contribution < 1.29 is 19.0 Å². The fraction of sp³-hybridized carbons (Fsp3) is 0.391. The van der Waals surface area contributed by atoms with Gasteiger partial charge in [0.05, 0.1) is 50.5 Å². The SMILES string of the molecule is COc1ccc(C(CNC(=O)Cc2csc(-c3cccs3)n2)N2CCOCC2)cc1OC. The van der Waals surface area contributed by atoms with E-state index in [0.717, 1.165) is 34.2 Å². The number of nitrogens with one attached hydrogen (secondary N) is 1. The lowest BCUT2D eigenvalue weighted by Gasteiger charge is -2.35. The maximum Gasteiger partial charge on any atom is 0.226 e. The summed E-state index contributed by atoms with van der Waals surface area (Å²) < 4.78 is 16.4. The molecule has 1 atom stereocenters. The lowest BCUT2D eigenvalue weighted by atomic mass is 10.0. The van der Waals surface area contributed by atoms with E-state index < -0.39 is 0 Å². The molecular weight excluding hydrogens is 446 g/mol. The van der Waals surface area contributed by atoms with Crippen molar-refractivity contribution >= 4 is 28.6 Å². The highest BCUT2D eigenvalue weighted by Gasteiger charge is 2.24. The molecule has 0 saturated carbocycles. The number of thiophene rings is 1. The van der Waals surface area contributed by atoms with Crippen molar-refractivity contribution in [2.24, 2.45) is 0 Å². The molecular formula is C23H27N3O4S2. The fourth-order valence-electron chi connectivity index (χ4n) is 3.75. The van der Waals surface area contributed by atoms with E-state index in [9.17, 15) is 4.79 Å². The number of nitrogens with zero attached hydrogens (tertiary/aromatic N) is 2. The molecule has 7 nitrogen and oxygen atoms in total. The molecule has 3 aromatic rings. The highest BCUT2D eigenvalue weighted by molar-refractivity contribution is 7.20. The van der Waals surface area contributed by atoms with E-state index in [-0.39, 0.29) is 18.4 Å². The van der Waals surface area contributed by atoms with Crippen LogP contribution in [0.25, 0.3) is 9.88 Å². The molecule has 3 heterocycles. The Morgan fingerprint density at radius 3 is 2.72 bits per heavy atom. The van der Waals surface area contributed by atoms with Gasteiger partial charge in [0.2, 0.25) is 5.91 Å². The third kappa shape index (κ3) is 5.47. The molecule has 0 radical (unpaired) electrons. The van der Waals surface area contributed by atoms with Crippen LogP contribution >= 0.6 is 22.7 Å². The summed E-state index contributed by atoms with van der Waals surface area (Å²) in [5.41, 5.74) is 1.86. The minimum Gasteiger partial charge on any atom is -0.493 e. The number of morpholine rings is 1. The summed E-state index contributed by atoms with van der Waals surface area (Å²) >= 11 is 3.23. The van der Waals surface area contributed by atoms with Gasteiger partial charge >= 0.3 is 0 Å². The third-order valence-electron chi connectivity index (χ3n) is 5.40. The maximum absolute atomic E-state index is 12.7. The summed E-state index contributed by atoms with van der Waals surface area (Å²) in [6.07, 6.45) is 0.268. The van der Waals surface area contributed by atoms with Gasteiger partial charge in [-0.25, -0.2) is 4.98 Å². The Hall–Kier alpha value is -2.46. The van der Waals surface area contributed by atoms with Gasteiger partial charge < -0.3 is 19.5 Å². The van der Waals surface area contributed by atoms with Gasteiger partial charge in [-0.2, -0.15) is 0 Å². The average Bonchev–Trinajstić information content (AvgIpc) is 3.52. The van der Waals surface area contributed by atoms with Crippen molar-refractivity contribution in [3.05, 3.63) is 52.3 Å². The zero-order valence-electron chi connectivity index (χ0n) is 18.2. The van der Waals surface area contributed by atoms with Gasteiger partial charge in [0.25, 0.3) is 0 Å². The Labute approximate surface area is 196 Å². The number of aromatic nitrogens is 1. The minimum atomic E-state index is -0.0354. The molecule has 32 heavy (non-hydrogen) atoms. The van der Waals surface area contributed by atoms with Crippen LogP contribution < -0.4 is 14.8 Å². The standard InChI is InChI=1S/C23H27N3O4S2/c1-28-19-6-5-16(12-20(19)29-2)18(26-7-9-30-10-8-26)14-24-22(27)13-17-15-32-23(25-17)21-4-3-11-31-21/h3-6,11-12,15,18H,7-10,13-14H2,1-2H3,(H,24,27). The zero-order chi connectivity index (χ0) is 22.3. The van der Waals surface area contributed by atoms with Crippen LogP contribution in [0.2, 0.25) is 0 Å². The number of thiazole rings is 1. The van der Waals surface area contributed by atoms with Gasteiger partial charge in [-0.15, -0.1) is 22.7 Å². The summed E-state index contributed by atoms with van der Waals surface area (Å²) in [7, 11) is 3.25. The molecule has 0 aliphatic carbocycles. The van der Waals surface area contributed by atoms with E-state index in [1.807, 2.05) is 41.1 Å². The number of carbonyl (C=O) groups is 1. The average molecular weight is 474 g/mol. The van der Waals surface area contributed by atoms with Crippen molar-refractivity contribution in [1.82, 2.24) is 15.2 Å². The largest absolute Gasteiger partial charge is 0.493 e. The summed E-state index contributed by atoms with van der Waals surface area (Å²) in [5.74, 6) is 1.33. The lowest BCUT2D eigenvalue weighted by Crippen LogP contribution is -2.44. The second kappa shape index (κ2) is 10.9. The topological polar surface area (TPSA) is 72.9 Å². The van der Waals surface area contributed by atoms with Crippen LogP contribution in [0.4, 0.5) is 0 Å². The van der Waals surface area contributed by atoms with Crippen LogP contribution in [-0.2, 0) is 16.0 Å². The van der Waals surface area contributed by atoms with E-state index in [4.69, 9.17) is 14.2 Å². The van der Waals surface area contributed by atoms with Crippen LogP contribution in [-0.4, -0.2) is 62.9 Å². The van der Waals surface area contributed by atoms with Crippen LogP contribution in [0.1, 0.15) is 17.3 Å². The molecule has 1 unspecified atom stereocenters. The van der Waals surface area contributed by atoms with E-state index in [2.05, 4.69) is 15.2 Å². The summed E-state index contributed by atoms with van der Waals surface area (Å²) in [5, 5.41) is 8.06. The number of amides is 1. The number of ether oxygens (including phenoxy) is 3. The number of rotatable bonds is 9. The van der Waals surface area contributed by atoms with Crippen molar-refractivity contribution in [2.75, 3.05) is 47.1 Å². The summed E-state index contributed by atoms with van der Waals surface area (Å²) in [6.45, 7) is 3.48. The maximum atomic E-state index is 12.7. The van der Waals surface area contributed by atoms with Crippen molar-refractivity contribution in [2.45, 2.75) is 12.5 Å². The summed E-state index contributed by atoms with van der Waals surface area (Å²) in [4.78, 5) is 20.8. The van der Waals surface area contributed by atoms with Gasteiger partial charge in [-0.1, -0.05) is 12.1 Å². The Kier molecular flexibility index (Phi) is 7.75. The van der Waals surface area contributed by atoms with E-state index in [1.54, 1.807) is 36.9 Å². The number of hydrogen-bond donors (Lipinski definition) is 1. The Morgan fingerprint density at radius 1 is 1.19 bits per heavy atom. The molecule has 1 aromatic carbocycles. The van der Waals surface area contributed by atoms with Gasteiger partial charge in [0.15, 0.2) is 11.5 Å².